The Hall–Kier alpha value is -0.880. The van der Waals surface area contributed by atoms with E-state index in [9.17, 15) is 18.0 Å². The van der Waals surface area contributed by atoms with Crippen molar-refractivity contribution >= 4 is 33.1 Å². The Morgan fingerprint density at radius 1 is 1.47 bits per heavy atom. The van der Waals surface area contributed by atoms with Gasteiger partial charge >= 0.3 is 0 Å². The first-order valence-electron chi connectivity index (χ1n) is 5.96. The molecular weight excluding hydrogens is 290 g/mol. The van der Waals surface area contributed by atoms with Crippen LogP contribution in [0, 0.1) is 11.3 Å². The van der Waals surface area contributed by atoms with E-state index >= 15 is 0 Å². The summed E-state index contributed by atoms with van der Waals surface area (Å²) in [5.41, 5.74) is -0.707. The van der Waals surface area contributed by atoms with E-state index in [2.05, 4.69) is 0 Å². The fourth-order valence-corrected chi connectivity index (χ4v) is 4.75. The number of amides is 1. The van der Waals surface area contributed by atoms with Gasteiger partial charge in [-0.05, 0) is 0 Å². The van der Waals surface area contributed by atoms with E-state index in [1.807, 2.05) is 0 Å². The second kappa shape index (κ2) is 4.31. The Morgan fingerprint density at radius 3 is 2.58 bits per heavy atom. The van der Waals surface area contributed by atoms with Gasteiger partial charge in [-0.3, -0.25) is 9.59 Å². The van der Waals surface area contributed by atoms with E-state index in [-0.39, 0.29) is 11.5 Å². The predicted molar refractivity (Wildman–Crippen MR) is 71.2 cm³/mol. The molecule has 0 bridgehead atoms. The number of β-lactam (4-membered cyclic amide) rings is 1. The van der Waals surface area contributed by atoms with Gasteiger partial charge < -0.3 is 4.90 Å². The lowest BCUT2D eigenvalue weighted by Gasteiger charge is -2.47. The molecule has 3 atom stereocenters. The molecule has 0 radical (unpaired) electrons. The third-order valence-corrected chi connectivity index (χ3v) is 5.77. The number of nitrogens with zero attached hydrogens (tertiary/aromatic N) is 1. The van der Waals surface area contributed by atoms with Gasteiger partial charge in [-0.2, -0.15) is 0 Å². The quantitative estimate of drug-likeness (QED) is 0.562. The van der Waals surface area contributed by atoms with Crippen molar-refractivity contribution in [2.24, 2.45) is 11.3 Å². The van der Waals surface area contributed by atoms with Crippen LogP contribution in [-0.2, 0) is 19.4 Å². The predicted octanol–water partition coefficient (Wildman–Crippen LogP) is 0.936. The Balaban J connectivity index is 2.30. The summed E-state index contributed by atoms with van der Waals surface area (Å²) in [5.74, 6) is -1.80. The van der Waals surface area contributed by atoms with Crippen LogP contribution < -0.4 is 0 Å². The first-order chi connectivity index (χ1) is 8.57. The molecule has 0 N–H and O–H groups in total. The van der Waals surface area contributed by atoms with Gasteiger partial charge in [0.15, 0.2) is 21.0 Å². The minimum atomic E-state index is -3.45. The maximum Gasteiger partial charge on any atom is 0.235 e. The molecule has 0 saturated carbocycles. The van der Waals surface area contributed by atoms with Crippen LogP contribution in [-0.4, -0.2) is 41.5 Å². The van der Waals surface area contributed by atoms with Crippen molar-refractivity contribution in [1.29, 1.82) is 0 Å². The van der Waals surface area contributed by atoms with Gasteiger partial charge in [-0.25, -0.2) is 8.42 Å². The molecule has 2 aliphatic rings. The van der Waals surface area contributed by atoms with E-state index < -0.39 is 37.8 Å². The molecule has 0 aromatic heterocycles. The summed E-state index contributed by atoms with van der Waals surface area (Å²) in [6, 6.07) is 0. The van der Waals surface area contributed by atoms with Crippen LogP contribution >= 0.6 is 11.6 Å². The van der Waals surface area contributed by atoms with Crippen molar-refractivity contribution in [3.8, 4) is 0 Å². The molecule has 1 unspecified atom stereocenters. The molecule has 0 aromatic carbocycles. The third-order valence-electron chi connectivity index (χ3n) is 3.39. The van der Waals surface area contributed by atoms with Gasteiger partial charge in [-0.1, -0.05) is 26.8 Å². The van der Waals surface area contributed by atoms with Crippen molar-refractivity contribution in [3.63, 3.8) is 0 Å². The lowest BCUT2D eigenvalue weighted by Crippen LogP contribution is -2.67. The van der Waals surface area contributed by atoms with Crippen LogP contribution in [0.25, 0.3) is 0 Å². The molecule has 0 aliphatic carbocycles. The SMILES string of the molecule is CC(C)(C)C(=O)C(Cl)[C@H]1C(=O)N2C=CCS(=O)(=O)[C@@H]12. The normalized spacial score (nSPS) is 30.5. The molecule has 7 heteroatoms. The zero-order valence-corrected chi connectivity index (χ0v) is 12.5. The van der Waals surface area contributed by atoms with Crippen LogP contribution in [0.4, 0.5) is 0 Å². The Morgan fingerprint density at radius 2 is 2.05 bits per heavy atom. The number of halogens is 1. The Kier molecular flexibility index (Phi) is 3.30. The molecule has 106 valence electrons. The smallest absolute Gasteiger partial charge is 0.235 e. The number of carbonyl (C=O) groups excluding carboxylic acids is 2. The van der Waals surface area contributed by atoms with Crippen LogP contribution in [0.1, 0.15) is 20.8 Å². The van der Waals surface area contributed by atoms with E-state index in [1.165, 1.54) is 12.3 Å². The fourth-order valence-electron chi connectivity index (χ4n) is 2.30. The minimum absolute atomic E-state index is 0.120. The van der Waals surface area contributed by atoms with Gasteiger partial charge in [0.1, 0.15) is 5.38 Å². The van der Waals surface area contributed by atoms with E-state index in [0.29, 0.717) is 0 Å². The number of Topliss-reactive ketones (excluding diaryl/α,β-unsaturated/α-hetero) is 1. The van der Waals surface area contributed by atoms with E-state index in [4.69, 9.17) is 11.6 Å². The lowest BCUT2D eigenvalue weighted by molar-refractivity contribution is -0.149. The van der Waals surface area contributed by atoms with Crippen molar-refractivity contribution in [1.82, 2.24) is 4.90 Å². The first kappa shape index (κ1) is 14.5. The Labute approximate surface area is 117 Å². The average Bonchev–Trinajstić information content (AvgIpc) is 2.27. The summed E-state index contributed by atoms with van der Waals surface area (Å²) in [5, 5.41) is -2.09. The molecule has 0 aromatic rings. The molecule has 1 saturated heterocycles. The maximum absolute atomic E-state index is 12.1. The topological polar surface area (TPSA) is 71.5 Å². The summed E-state index contributed by atoms with van der Waals surface area (Å²) >= 11 is 6.07. The van der Waals surface area contributed by atoms with E-state index in [1.54, 1.807) is 20.8 Å². The highest BCUT2D eigenvalue weighted by atomic mass is 35.5. The summed E-state index contributed by atoms with van der Waals surface area (Å²) in [6.45, 7) is 5.09. The van der Waals surface area contributed by atoms with Crippen molar-refractivity contribution in [3.05, 3.63) is 12.3 Å². The zero-order chi connectivity index (χ0) is 14.6. The third kappa shape index (κ3) is 2.21. The number of alkyl halides is 1. The summed E-state index contributed by atoms with van der Waals surface area (Å²) in [6.07, 6.45) is 2.88. The van der Waals surface area contributed by atoms with Crippen LogP contribution in [0.5, 0.6) is 0 Å². The number of hydrogen-bond donors (Lipinski definition) is 0. The lowest BCUT2D eigenvalue weighted by atomic mass is 9.81. The summed E-state index contributed by atoms with van der Waals surface area (Å²) in [4.78, 5) is 25.2. The number of carbonyl (C=O) groups is 2. The van der Waals surface area contributed by atoms with Gasteiger partial charge in [-0.15, -0.1) is 11.6 Å². The number of hydrogen-bond acceptors (Lipinski definition) is 4. The van der Waals surface area contributed by atoms with Crippen molar-refractivity contribution in [2.75, 3.05) is 5.75 Å². The highest BCUT2D eigenvalue weighted by Gasteiger charge is 2.59. The number of rotatable bonds is 2. The van der Waals surface area contributed by atoms with E-state index in [0.717, 1.165) is 4.90 Å². The highest BCUT2D eigenvalue weighted by molar-refractivity contribution is 7.92. The van der Waals surface area contributed by atoms with Gasteiger partial charge in [0.25, 0.3) is 0 Å². The standard InChI is InChI=1S/C12H16ClNO4S/c1-12(2,3)9(15)8(13)7-10(16)14-5-4-6-19(17,18)11(7)14/h4-5,7-8,11H,6H2,1-3H3/t7-,8?,11-/m0/s1. The number of fused-ring (bicyclic) bond motifs is 1. The molecule has 2 rings (SSSR count). The molecule has 1 fully saturated rings. The summed E-state index contributed by atoms with van der Waals surface area (Å²) in [7, 11) is -3.45. The second-order valence-corrected chi connectivity index (χ2v) is 8.50. The monoisotopic (exact) mass is 305 g/mol. The van der Waals surface area contributed by atoms with Crippen LogP contribution in [0.3, 0.4) is 0 Å². The fraction of sp³-hybridized carbons (Fsp3) is 0.667. The minimum Gasteiger partial charge on any atom is -0.300 e. The molecule has 2 heterocycles. The van der Waals surface area contributed by atoms with Crippen LogP contribution in [0.15, 0.2) is 12.3 Å². The molecule has 19 heavy (non-hydrogen) atoms. The van der Waals surface area contributed by atoms with Crippen LogP contribution in [0.2, 0.25) is 0 Å². The number of ketones is 1. The summed E-state index contributed by atoms with van der Waals surface area (Å²) < 4.78 is 23.9. The van der Waals surface area contributed by atoms with Crippen molar-refractivity contribution in [2.45, 2.75) is 31.5 Å². The Bertz CT molecular complexity index is 561. The van der Waals surface area contributed by atoms with Gasteiger partial charge in [0.05, 0.1) is 11.7 Å². The molecule has 5 nitrogen and oxygen atoms in total. The highest BCUT2D eigenvalue weighted by Crippen LogP contribution is 2.40. The zero-order valence-electron chi connectivity index (χ0n) is 11.0. The second-order valence-electron chi connectivity index (χ2n) is 5.89. The number of sulfone groups is 1. The van der Waals surface area contributed by atoms with Crippen molar-refractivity contribution < 1.29 is 18.0 Å². The molecule has 1 amide bonds. The maximum atomic E-state index is 12.1. The largest absolute Gasteiger partial charge is 0.300 e. The first-order valence-corrected chi connectivity index (χ1v) is 8.11. The molecule has 2 aliphatic heterocycles. The molecular formula is C12H16ClNO4S. The average molecular weight is 306 g/mol. The molecule has 0 spiro atoms. The van der Waals surface area contributed by atoms with Gasteiger partial charge in [0, 0.05) is 11.6 Å². The van der Waals surface area contributed by atoms with Gasteiger partial charge in [0.2, 0.25) is 5.91 Å².